The molecule has 0 bridgehead atoms. The SMILES string of the molecule is CC(C)c1cccc2c1C(=O)N(CN=[N+]=[N-])S2(=O)=O. The maximum atomic E-state index is 12.2. The highest BCUT2D eigenvalue weighted by Crippen LogP contribution is 2.35. The molecule has 19 heavy (non-hydrogen) atoms. The molecule has 1 aromatic rings. The lowest BCUT2D eigenvalue weighted by molar-refractivity contribution is 0.0872. The summed E-state index contributed by atoms with van der Waals surface area (Å²) >= 11 is 0. The summed E-state index contributed by atoms with van der Waals surface area (Å²) in [6, 6.07) is 4.73. The third kappa shape index (κ3) is 1.94. The summed E-state index contributed by atoms with van der Waals surface area (Å²) in [5.41, 5.74) is 9.13. The zero-order chi connectivity index (χ0) is 14.2. The average molecular weight is 280 g/mol. The van der Waals surface area contributed by atoms with Crippen LogP contribution in [0.4, 0.5) is 0 Å². The van der Waals surface area contributed by atoms with E-state index in [1.165, 1.54) is 6.07 Å². The Labute approximate surface area is 110 Å². The Hall–Kier alpha value is -2.05. The highest BCUT2D eigenvalue weighted by atomic mass is 32.2. The predicted octanol–water partition coefficient (Wildman–Crippen LogP) is 2.22. The smallest absolute Gasteiger partial charge is 0.268 e. The predicted molar refractivity (Wildman–Crippen MR) is 67.9 cm³/mol. The van der Waals surface area contributed by atoms with Crippen molar-refractivity contribution in [3.05, 3.63) is 39.8 Å². The molecule has 1 aromatic carbocycles. The van der Waals surface area contributed by atoms with Gasteiger partial charge >= 0.3 is 0 Å². The third-order valence-electron chi connectivity index (χ3n) is 2.94. The van der Waals surface area contributed by atoms with Gasteiger partial charge in [-0.2, -0.15) is 0 Å². The molecule has 7 nitrogen and oxygen atoms in total. The number of sulfonamides is 1. The standard InChI is InChI=1S/C11H12N4O3S/c1-7(2)8-4-3-5-9-10(8)11(16)15(6-13-14-12)19(9,17)18/h3-5,7H,6H2,1-2H3. The Morgan fingerprint density at radius 1 is 1.42 bits per heavy atom. The summed E-state index contributed by atoms with van der Waals surface area (Å²) < 4.78 is 25.0. The zero-order valence-corrected chi connectivity index (χ0v) is 11.3. The number of carbonyl (C=O) groups excluding carboxylic acids is 1. The van der Waals surface area contributed by atoms with Gasteiger partial charge in [0, 0.05) is 4.91 Å². The number of hydrogen-bond acceptors (Lipinski definition) is 4. The van der Waals surface area contributed by atoms with E-state index < -0.39 is 22.6 Å². The van der Waals surface area contributed by atoms with Gasteiger partial charge in [0.15, 0.2) is 0 Å². The first-order valence-corrected chi connectivity index (χ1v) is 7.06. The molecule has 1 amide bonds. The number of carbonyl (C=O) groups is 1. The minimum Gasteiger partial charge on any atom is -0.268 e. The summed E-state index contributed by atoms with van der Waals surface area (Å²) in [6.45, 7) is 3.24. The second kappa shape index (κ2) is 4.56. The van der Waals surface area contributed by atoms with Crippen LogP contribution in [-0.2, 0) is 10.0 Å². The van der Waals surface area contributed by atoms with E-state index in [9.17, 15) is 13.2 Å². The largest absolute Gasteiger partial charge is 0.269 e. The van der Waals surface area contributed by atoms with Crippen LogP contribution in [0, 0.1) is 0 Å². The number of amides is 1. The van der Waals surface area contributed by atoms with Crippen molar-refractivity contribution < 1.29 is 13.2 Å². The highest BCUT2D eigenvalue weighted by Gasteiger charge is 2.42. The molecule has 0 radical (unpaired) electrons. The summed E-state index contributed by atoms with van der Waals surface area (Å²) in [7, 11) is -3.90. The summed E-state index contributed by atoms with van der Waals surface area (Å²) in [5.74, 6) is -0.611. The lowest BCUT2D eigenvalue weighted by Gasteiger charge is -2.11. The maximum absolute atomic E-state index is 12.2. The molecular weight excluding hydrogens is 268 g/mol. The van der Waals surface area contributed by atoms with Gasteiger partial charge in [-0.1, -0.05) is 31.1 Å². The van der Waals surface area contributed by atoms with Gasteiger partial charge in [0.05, 0.1) is 5.56 Å². The molecule has 0 N–H and O–H groups in total. The molecule has 0 fully saturated rings. The van der Waals surface area contributed by atoms with E-state index in [0.29, 0.717) is 9.87 Å². The molecule has 100 valence electrons. The van der Waals surface area contributed by atoms with Crippen LogP contribution in [0.15, 0.2) is 28.2 Å². The molecular formula is C11H12N4O3S. The van der Waals surface area contributed by atoms with Gasteiger partial charge < -0.3 is 0 Å². The Morgan fingerprint density at radius 2 is 2.11 bits per heavy atom. The lowest BCUT2D eigenvalue weighted by atomic mass is 9.97. The topological polar surface area (TPSA) is 103 Å². The van der Waals surface area contributed by atoms with Crippen molar-refractivity contribution in [1.29, 1.82) is 0 Å². The van der Waals surface area contributed by atoms with E-state index >= 15 is 0 Å². The summed E-state index contributed by atoms with van der Waals surface area (Å²) in [5, 5.41) is 3.16. The molecule has 0 aliphatic carbocycles. The monoisotopic (exact) mass is 280 g/mol. The van der Waals surface area contributed by atoms with Crippen LogP contribution < -0.4 is 0 Å². The molecule has 0 saturated heterocycles. The fraction of sp³-hybridized carbons (Fsp3) is 0.364. The molecule has 0 atom stereocenters. The average Bonchev–Trinajstić information content (AvgIpc) is 2.55. The molecule has 2 rings (SSSR count). The molecule has 1 heterocycles. The fourth-order valence-electron chi connectivity index (χ4n) is 2.05. The van der Waals surface area contributed by atoms with Crippen LogP contribution in [0.5, 0.6) is 0 Å². The second-order valence-electron chi connectivity index (χ2n) is 4.41. The van der Waals surface area contributed by atoms with Gasteiger partial charge in [-0.25, -0.2) is 12.7 Å². The zero-order valence-electron chi connectivity index (χ0n) is 10.4. The quantitative estimate of drug-likeness (QED) is 0.481. The number of benzene rings is 1. The summed E-state index contributed by atoms with van der Waals surface area (Å²) in [4.78, 5) is 14.7. The first-order chi connectivity index (χ1) is 8.91. The van der Waals surface area contributed by atoms with Gasteiger partial charge in [-0.3, -0.25) is 4.79 Å². The molecule has 0 saturated carbocycles. The molecule has 0 spiro atoms. The van der Waals surface area contributed by atoms with Crippen molar-refractivity contribution in [2.45, 2.75) is 24.7 Å². The number of nitrogens with zero attached hydrogens (tertiary/aromatic N) is 4. The molecule has 0 aromatic heterocycles. The second-order valence-corrected chi connectivity index (χ2v) is 6.24. The van der Waals surface area contributed by atoms with E-state index in [-0.39, 0.29) is 16.4 Å². The number of azide groups is 1. The van der Waals surface area contributed by atoms with Crippen LogP contribution in [0.2, 0.25) is 0 Å². The van der Waals surface area contributed by atoms with Gasteiger partial charge in [0.1, 0.15) is 11.6 Å². The van der Waals surface area contributed by atoms with Crippen LogP contribution in [0.1, 0.15) is 35.7 Å². The fourth-order valence-corrected chi connectivity index (χ4v) is 3.52. The van der Waals surface area contributed by atoms with E-state index in [2.05, 4.69) is 10.0 Å². The van der Waals surface area contributed by atoms with Crippen molar-refractivity contribution in [2.24, 2.45) is 5.11 Å². The Bertz CT molecular complexity index is 690. The summed E-state index contributed by atoms with van der Waals surface area (Å²) in [6.07, 6.45) is 0. The first-order valence-electron chi connectivity index (χ1n) is 5.62. The normalized spacial score (nSPS) is 16.4. The number of hydrogen-bond donors (Lipinski definition) is 0. The Kier molecular flexibility index (Phi) is 3.21. The molecule has 8 heteroatoms. The van der Waals surface area contributed by atoms with Gasteiger partial charge in [0.25, 0.3) is 15.9 Å². The van der Waals surface area contributed by atoms with E-state index in [1.54, 1.807) is 12.1 Å². The van der Waals surface area contributed by atoms with Gasteiger partial charge in [0.2, 0.25) is 0 Å². The third-order valence-corrected chi connectivity index (χ3v) is 4.70. The van der Waals surface area contributed by atoms with Crippen molar-refractivity contribution in [1.82, 2.24) is 4.31 Å². The highest BCUT2D eigenvalue weighted by molar-refractivity contribution is 7.90. The maximum Gasteiger partial charge on any atom is 0.269 e. The minimum atomic E-state index is -3.90. The Morgan fingerprint density at radius 3 is 2.68 bits per heavy atom. The van der Waals surface area contributed by atoms with E-state index in [1.807, 2.05) is 13.8 Å². The van der Waals surface area contributed by atoms with Crippen molar-refractivity contribution >= 4 is 15.9 Å². The van der Waals surface area contributed by atoms with Crippen molar-refractivity contribution in [2.75, 3.05) is 6.67 Å². The van der Waals surface area contributed by atoms with Crippen LogP contribution in [-0.4, -0.2) is 25.3 Å². The lowest BCUT2D eigenvalue weighted by Crippen LogP contribution is -2.30. The van der Waals surface area contributed by atoms with E-state index in [0.717, 1.165) is 0 Å². The number of fused-ring (bicyclic) bond motifs is 1. The molecule has 0 unspecified atom stereocenters. The molecule has 1 aliphatic rings. The van der Waals surface area contributed by atoms with Crippen LogP contribution >= 0.6 is 0 Å². The van der Waals surface area contributed by atoms with Crippen LogP contribution in [0.3, 0.4) is 0 Å². The minimum absolute atomic E-state index is 0.0168. The van der Waals surface area contributed by atoms with E-state index in [4.69, 9.17) is 5.53 Å². The number of rotatable bonds is 3. The first kappa shape index (κ1) is 13.4. The van der Waals surface area contributed by atoms with Gasteiger partial charge in [-0.15, -0.1) is 0 Å². The van der Waals surface area contributed by atoms with Crippen LogP contribution in [0.25, 0.3) is 10.4 Å². The molecule has 1 aliphatic heterocycles. The Balaban J connectivity index is 2.66. The van der Waals surface area contributed by atoms with Gasteiger partial charge in [-0.05, 0) is 23.1 Å². The van der Waals surface area contributed by atoms with Crippen molar-refractivity contribution in [3.63, 3.8) is 0 Å². The van der Waals surface area contributed by atoms with Crippen molar-refractivity contribution in [3.8, 4) is 0 Å².